The van der Waals surface area contributed by atoms with Crippen molar-refractivity contribution in [3.63, 3.8) is 0 Å². The van der Waals surface area contributed by atoms with E-state index in [1.54, 1.807) is 18.2 Å². The Morgan fingerprint density at radius 2 is 1.66 bits per heavy atom. The Morgan fingerprint density at radius 3 is 2.24 bits per heavy atom. The molecule has 1 N–H and O–H groups in total. The predicted molar refractivity (Wildman–Crippen MR) is 153 cm³/mol. The number of methoxy groups -OCH3 is 1. The van der Waals surface area contributed by atoms with Gasteiger partial charge in [-0.2, -0.15) is 0 Å². The van der Waals surface area contributed by atoms with Gasteiger partial charge in [-0.3, -0.25) is 13.9 Å². The number of sulfonamides is 1. The van der Waals surface area contributed by atoms with E-state index in [2.05, 4.69) is 21.2 Å². The van der Waals surface area contributed by atoms with Crippen molar-refractivity contribution in [2.75, 3.05) is 31.3 Å². The number of rotatable bonds is 11. The summed E-state index contributed by atoms with van der Waals surface area (Å²) in [5.41, 5.74) is 2.73. The monoisotopic (exact) mass is 601 g/mol. The summed E-state index contributed by atoms with van der Waals surface area (Å²) < 4.78 is 33.2. The van der Waals surface area contributed by atoms with E-state index in [0.717, 1.165) is 31.7 Å². The van der Waals surface area contributed by atoms with Crippen molar-refractivity contribution < 1.29 is 22.7 Å². The van der Waals surface area contributed by atoms with Gasteiger partial charge in [0.15, 0.2) is 0 Å². The van der Waals surface area contributed by atoms with E-state index in [1.807, 2.05) is 61.5 Å². The summed E-state index contributed by atoms with van der Waals surface area (Å²) in [6.45, 7) is 1.43. The number of carbonyl (C=O) groups is 2. The average Bonchev–Trinajstić information content (AvgIpc) is 2.89. The van der Waals surface area contributed by atoms with Crippen molar-refractivity contribution in [1.82, 2.24) is 10.2 Å². The second-order valence-corrected chi connectivity index (χ2v) is 11.7. The van der Waals surface area contributed by atoms with Gasteiger partial charge in [0.1, 0.15) is 18.3 Å². The zero-order chi connectivity index (χ0) is 27.9. The third-order valence-corrected chi connectivity index (χ3v) is 7.72. The Morgan fingerprint density at radius 1 is 1.00 bits per heavy atom. The number of benzene rings is 3. The summed E-state index contributed by atoms with van der Waals surface area (Å²) in [7, 11) is -0.927. The summed E-state index contributed by atoms with van der Waals surface area (Å²) in [5.74, 6) is -0.551. The molecule has 8 nitrogen and oxygen atoms in total. The first kappa shape index (κ1) is 29.2. The van der Waals surface area contributed by atoms with Gasteiger partial charge in [0, 0.05) is 24.5 Å². The van der Waals surface area contributed by atoms with Crippen molar-refractivity contribution in [3.05, 3.63) is 94.0 Å². The Kier molecular flexibility index (Phi) is 9.93. The van der Waals surface area contributed by atoms with Crippen LogP contribution in [0.3, 0.4) is 0 Å². The molecule has 2 amide bonds. The molecule has 10 heteroatoms. The van der Waals surface area contributed by atoms with Gasteiger partial charge < -0.3 is 15.0 Å². The van der Waals surface area contributed by atoms with Gasteiger partial charge in [-0.05, 0) is 47.9 Å². The SMILES string of the molecule is CNC(=O)[C@@H](Cc1ccccc1)N(Cc1ccc(Br)cc1)C(=O)CN(c1cc(C)ccc1OC)S(C)(=O)=O. The maximum Gasteiger partial charge on any atom is 0.244 e. The van der Waals surface area contributed by atoms with E-state index < -0.39 is 28.5 Å². The highest BCUT2D eigenvalue weighted by molar-refractivity contribution is 9.10. The Balaban J connectivity index is 2.06. The van der Waals surface area contributed by atoms with Crippen LogP contribution >= 0.6 is 15.9 Å². The number of nitrogens with zero attached hydrogens (tertiary/aromatic N) is 2. The van der Waals surface area contributed by atoms with Gasteiger partial charge in [-0.15, -0.1) is 0 Å². The van der Waals surface area contributed by atoms with E-state index in [-0.39, 0.29) is 24.6 Å². The van der Waals surface area contributed by atoms with Crippen LogP contribution in [0.25, 0.3) is 0 Å². The van der Waals surface area contributed by atoms with Crippen LogP contribution in [-0.4, -0.2) is 58.1 Å². The summed E-state index contributed by atoms with van der Waals surface area (Å²) in [6.07, 6.45) is 1.30. The van der Waals surface area contributed by atoms with Gasteiger partial charge in [0.25, 0.3) is 0 Å². The molecule has 0 fully saturated rings. The number of hydrogen-bond donors (Lipinski definition) is 1. The van der Waals surface area contributed by atoms with Crippen molar-refractivity contribution in [2.45, 2.75) is 25.9 Å². The van der Waals surface area contributed by atoms with Crippen molar-refractivity contribution in [2.24, 2.45) is 0 Å². The molecule has 202 valence electrons. The summed E-state index contributed by atoms with van der Waals surface area (Å²) in [6, 6.07) is 21.0. The van der Waals surface area contributed by atoms with Crippen LogP contribution in [0.15, 0.2) is 77.3 Å². The zero-order valence-corrected chi connectivity index (χ0v) is 24.3. The van der Waals surface area contributed by atoms with Crippen LogP contribution in [0.2, 0.25) is 0 Å². The first-order valence-corrected chi connectivity index (χ1v) is 14.6. The molecule has 0 aromatic heterocycles. The molecule has 0 saturated carbocycles. The number of nitrogens with one attached hydrogen (secondary N) is 1. The van der Waals surface area contributed by atoms with E-state index >= 15 is 0 Å². The Bertz CT molecular complexity index is 1360. The number of amides is 2. The fourth-order valence-corrected chi connectivity index (χ4v) is 5.21. The third kappa shape index (κ3) is 7.58. The molecule has 0 aliphatic heterocycles. The first-order valence-electron chi connectivity index (χ1n) is 11.9. The zero-order valence-electron chi connectivity index (χ0n) is 21.8. The van der Waals surface area contributed by atoms with E-state index in [9.17, 15) is 18.0 Å². The number of anilines is 1. The number of halogens is 1. The standard InChI is InChI=1S/C28H32BrN3O5S/c1-20-10-15-26(37-3)24(16-20)32(38(4,35)36)19-27(33)31(18-22-11-13-23(29)14-12-22)25(28(34)30-2)17-21-8-6-5-7-9-21/h5-16,25H,17-19H2,1-4H3,(H,30,34)/t25-/m1/s1. The number of ether oxygens (including phenoxy) is 1. The second-order valence-electron chi connectivity index (χ2n) is 8.91. The van der Waals surface area contributed by atoms with Gasteiger partial charge in [-0.25, -0.2) is 8.42 Å². The molecule has 0 radical (unpaired) electrons. The molecular weight excluding hydrogens is 570 g/mol. The number of likely N-dealkylation sites (N-methyl/N-ethyl adjacent to an activating group) is 1. The quantitative estimate of drug-likeness (QED) is 0.359. The van der Waals surface area contributed by atoms with E-state index in [1.165, 1.54) is 19.1 Å². The van der Waals surface area contributed by atoms with Gasteiger partial charge in [0.2, 0.25) is 21.8 Å². The summed E-state index contributed by atoms with van der Waals surface area (Å²) in [4.78, 5) is 28.6. The van der Waals surface area contributed by atoms with Crippen molar-refractivity contribution >= 4 is 43.5 Å². The molecule has 38 heavy (non-hydrogen) atoms. The highest BCUT2D eigenvalue weighted by Gasteiger charge is 2.33. The van der Waals surface area contributed by atoms with Gasteiger partial charge in [-0.1, -0.05) is 64.5 Å². The lowest BCUT2D eigenvalue weighted by atomic mass is 10.0. The molecule has 3 rings (SSSR count). The van der Waals surface area contributed by atoms with Crippen LogP contribution in [0.1, 0.15) is 16.7 Å². The maximum atomic E-state index is 14.0. The molecule has 0 spiro atoms. The Hall–Kier alpha value is -3.37. The third-order valence-electron chi connectivity index (χ3n) is 6.07. The minimum absolute atomic E-state index is 0.111. The van der Waals surface area contributed by atoms with Crippen LogP contribution < -0.4 is 14.4 Å². The minimum Gasteiger partial charge on any atom is -0.495 e. The van der Waals surface area contributed by atoms with Crippen LogP contribution in [0, 0.1) is 6.92 Å². The summed E-state index contributed by atoms with van der Waals surface area (Å²) >= 11 is 3.42. The predicted octanol–water partition coefficient (Wildman–Crippen LogP) is 3.92. The molecule has 3 aromatic carbocycles. The largest absolute Gasteiger partial charge is 0.495 e. The molecule has 0 heterocycles. The molecule has 0 bridgehead atoms. The highest BCUT2D eigenvalue weighted by atomic mass is 79.9. The number of aryl methyl sites for hydroxylation is 1. The van der Waals surface area contributed by atoms with Crippen molar-refractivity contribution in [3.8, 4) is 5.75 Å². The number of hydrogen-bond acceptors (Lipinski definition) is 5. The van der Waals surface area contributed by atoms with Gasteiger partial charge in [0.05, 0.1) is 19.1 Å². The fourth-order valence-electron chi connectivity index (χ4n) is 4.10. The molecule has 0 unspecified atom stereocenters. The first-order chi connectivity index (χ1) is 18.0. The topological polar surface area (TPSA) is 96.0 Å². The molecule has 3 aromatic rings. The molecular formula is C28H32BrN3O5S. The minimum atomic E-state index is -3.89. The van der Waals surface area contributed by atoms with E-state index in [0.29, 0.717) is 5.75 Å². The van der Waals surface area contributed by atoms with Crippen LogP contribution in [0.5, 0.6) is 5.75 Å². The normalized spacial score (nSPS) is 11.9. The maximum absolute atomic E-state index is 14.0. The van der Waals surface area contributed by atoms with Gasteiger partial charge >= 0.3 is 0 Å². The van der Waals surface area contributed by atoms with E-state index in [4.69, 9.17) is 4.74 Å². The lowest BCUT2D eigenvalue weighted by Gasteiger charge is -2.33. The molecule has 0 aliphatic carbocycles. The lowest BCUT2D eigenvalue weighted by Crippen LogP contribution is -2.52. The number of carbonyl (C=O) groups excluding carboxylic acids is 2. The second kappa shape index (κ2) is 12.9. The van der Waals surface area contributed by atoms with Crippen LogP contribution in [-0.2, 0) is 32.6 Å². The van der Waals surface area contributed by atoms with Crippen LogP contribution in [0.4, 0.5) is 5.69 Å². The molecule has 0 saturated heterocycles. The lowest BCUT2D eigenvalue weighted by molar-refractivity contribution is -0.139. The summed E-state index contributed by atoms with van der Waals surface area (Å²) in [5, 5.41) is 2.66. The average molecular weight is 603 g/mol. The van der Waals surface area contributed by atoms with Crippen molar-refractivity contribution in [1.29, 1.82) is 0 Å². The smallest absolute Gasteiger partial charge is 0.244 e. The fraction of sp³-hybridized carbons (Fsp3) is 0.286. The Labute approximate surface area is 232 Å². The molecule has 1 atom stereocenters. The molecule has 0 aliphatic rings. The highest BCUT2D eigenvalue weighted by Crippen LogP contribution is 2.31.